The Morgan fingerprint density at radius 3 is 2.62 bits per heavy atom. The van der Waals surface area contributed by atoms with Gasteiger partial charge in [0.1, 0.15) is 12.6 Å². The summed E-state index contributed by atoms with van der Waals surface area (Å²) in [5.74, 6) is -2.39. The number of imide groups is 1. The summed E-state index contributed by atoms with van der Waals surface area (Å²) >= 11 is 0. The van der Waals surface area contributed by atoms with Crippen LogP contribution in [0.2, 0.25) is 0 Å². The molecule has 0 aromatic heterocycles. The monoisotopic (exact) mass is 229 g/mol. The van der Waals surface area contributed by atoms with Crippen molar-refractivity contribution in [1.29, 1.82) is 0 Å². The van der Waals surface area contributed by atoms with E-state index >= 15 is 0 Å². The van der Waals surface area contributed by atoms with Crippen molar-refractivity contribution in [1.82, 2.24) is 10.2 Å². The number of hydrogen-bond donors (Lipinski definition) is 3. The van der Waals surface area contributed by atoms with Gasteiger partial charge in [0.25, 0.3) is 0 Å². The van der Waals surface area contributed by atoms with Crippen LogP contribution in [0.4, 0.5) is 4.79 Å². The van der Waals surface area contributed by atoms with Gasteiger partial charge in [0.2, 0.25) is 11.8 Å². The summed E-state index contributed by atoms with van der Waals surface area (Å²) in [6.07, 6.45) is 0.249. The molecule has 4 N–H and O–H groups in total. The summed E-state index contributed by atoms with van der Waals surface area (Å²) in [7, 11) is 0. The van der Waals surface area contributed by atoms with E-state index in [0.717, 1.165) is 4.90 Å². The molecule has 0 aliphatic carbocycles. The Labute approximate surface area is 90.4 Å². The number of carbonyl (C=O) groups excluding carboxylic acids is 3. The summed E-state index contributed by atoms with van der Waals surface area (Å²) in [5, 5.41) is 10.5. The maximum atomic E-state index is 11.3. The molecule has 0 aromatic carbocycles. The number of nitrogens with two attached hydrogens (primary N) is 1. The lowest BCUT2D eigenvalue weighted by atomic mass is 10.2. The van der Waals surface area contributed by atoms with Crippen molar-refractivity contribution in [3.05, 3.63) is 0 Å². The number of primary amides is 1. The van der Waals surface area contributed by atoms with Gasteiger partial charge >= 0.3 is 12.0 Å². The Hall–Kier alpha value is -2.12. The highest BCUT2D eigenvalue weighted by Gasteiger charge is 2.37. The van der Waals surface area contributed by atoms with Gasteiger partial charge in [0.05, 0.1) is 0 Å². The van der Waals surface area contributed by atoms with Crippen molar-refractivity contribution in [3.63, 3.8) is 0 Å². The third-order valence-corrected chi connectivity index (χ3v) is 2.19. The van der Waals surface area contributed by atoms with Crippen molar-refractivity contribution < 1.29 is 24.3 Å². The van der Waals surface area contributed by atoms with Crippen LogP contribution in [0.15, 0.2) is 0 Å². The number of hydrogen-bond acceptors (Lipinski definition) is 4. The number of nitrogens with one attached hydrogen (secondary N) is 1. The van der Waals surface area contributed by atoms with Crippen LogP contribution in [0.25, 0.3) is 0 Å². The zero-order valence-corrected chi connectivity index (χ0v) is 8.30. The van der Waals surface area contributed by atoms with Crippen molar-refractivity contribution in [2.24, 2.45) is 5.73 Å². The fourth-order valence-corrected chi connectivity index (χ4v) is 1.52. The number of rotatable bonds is 3. The minimum atomic E-state index is -1.17. The molecule has 4 amide bonds. The zero-order chi connectivity index (χ0) is 12.3. The second kappa shape index (κ2) is 4.60. The van der Waals surface area contributed by atoms with Gasteiger partial charge in [0, 0.05) is 6.42 Å². The molecular formula is C8H11N3O5. The minimum Gasteiger partial charge on any atom is -0.480 e. The van der Waals surface area contributed by atoms with Gasteiger partial charge in [-0.05, 0) is 6.42 Å². The molecule has 1 rings (SSSR count). The number of likely N-dealkylation sites (tertiary alicyclic amines) is 1. The molecule has 1 saturated heterocycles. The molecule has 88 valence electrons. The molecular weight excluding hydrogens is 218 g/mol. The number of amides is 4. The SMILES string of the molecule is NC(=O)NC(=O)CN1C(=O)CCC1C(=O)O. The summed E-state index contributed by atoms with van der Waals surface area (Å²) in [6.45, 7) is -0.473. The van der Waals surface area contributed by atoms with Gasteiger partial charge in [-0.15, -0.1) is 0 Å². The lowest BCUT2D eigenvalue weighted by molar-refractivity contribution is -0.147. The first-order valence-corrected chi connectivity index (χ1v) is 4.53. The van der Waals surface area contributed by atoms with E-state index in [1.807, 2.05) is 0 Å². The van der Waals surface area contributed by atoms with E-state index in [0.29, 0.717) is 0 Å². The molecule has 8 heteroatoms. The normalized spacial score (nSPS) is 19.6. The van der Waals surface area contributed by atoms with Crippen molar-refractivity contribution in [3.8, 4) is 0 Å². The molecule has 1 unspecified atom stereocenters. The molecule has 0 saturated carbocycles. The Balaban J connectivity index is 2.63. The number of carboxylic acid groups (broad SMARTS) is 1. The van der Waals surface area contributed by atoms with E-state index in [1.54, 1.807) is 5.32 Å². The second-order valence-corrected chi connectivity index (χ2v) is 3.33. The van der Waals surface area contributed by atoms with Crippen LogP contribution in [-0.2, 0) is 14.4 Å². The van der Waals surface area contributed by atoms with Crippen LogP contribution in [-0.4, -0.2) is 46.4 Å². The Morgan fingerprint density at radius 1 is 1.50 bits per heavy atom. The first-order valence-electron chi connectivity index (χ1n) is 4.53. The van der Waals surface area contributed by atoms with Gasteiger partial charge in [-0.2, -0.15) is 0 Å². The third kappa shape index (κ3) is 2.69. The number of aliphatic carboxylic acids is 1. The van der Waals surface area contributed by atoms with Crippen LogP contribution in [0.1, 0.15) is 12.8 Å². The second-order valence-electron chi connectivity index (χ2n) is 3.33. The molecule has 8 nitrogen and oxygen atoms in total. The van der Waals surface area contributed by atoms with Crippen LogP contribution < -0.4 is 11.1 Å². The molecule has 1 aliphatic heterocycles. The third-order valence-electron chi connectivity index (χ3n) is 2.19. The molecule has 1 aliphatic rings. The highest BCUT2D eigenvalue weighted by Crippen LogP contribution is 2.18. The Morgan fingerprint density at radius 2 is 2.12 bits per heavy atom. The fourth-order valence-electron chi connectivity index (χ4n) is 1.52. The van der Waals surface area contributed by atoms with E-state index in [1.165, 1.54) is 0 Å². The van der Waals surface area contributed by atoms with E-state index in [-0.39, 0.29) is 12.8 Å². The number of carbonyl (C=O) groups is 4. The topological polar surface area (TPSA) is 130 Å². The molecule has 0 aromatic rings. The van der Waals surface area contributed by atoms with Gasteiger partial charge in [-0.3, -0.25) is 14.9 Å². The van der Waals surface area contributed by atoms with Crippen molar-refractivity contribution in [2.75, 3.05) is 6.54 Å². The highest BCUT2D eigenvalue weighted by molar-refractivity contribution is 5.97. The van der Waals surface area contributed by atoms with Crippen LogP contribution in [0, 0.1) is 0 Å². The molecule has 0 bridgehead atoms. The highest BCUT2D eigenvalue weighted by atomic mass is 16.4. The average molecular weight is 229 g/mol. The number of urea groups is 1. The molecule has 1 fully saturated rings. The van der Waals surface area contributed by atoms with Gasteiger partial charge < -0.3 is 15.7 Å². The van der Waals surface area contributed by atoms with Crippen LogP contribution >= 0.6 is 0 Å². The van der Waals surface area contributed by atoms with Crippen LogP contribution in [0.5, 0.6) is 0 Å². The minimum absolute atomic E-state index is 0.0841. The van der Waals surface area contributed by atoms with Crippen LogP contribution in [0.3, 0.4) is 0 Å². The average Bonchev–Trinajstić information content (AvgIpc) is 2.46. The van der Waals surface area contributed by atoms with E-state index in [9.17, 15) is 19.2 Å². The summed E-state index contributed by atoms with van der Waals surface area (Å²) in [4.78, 5) is 44.4. The maximum Gasteiger partial charge on any atom is 0.326 e. The molecule has 1 heterocycles. The van der Waals surface area contributed by atoms with Gasteiger partial charge in [-0.1, -0.05) is 0 Å². The molecule has 0 spiro atoms. The smallest absolute Gasteiger partial charge is 0.326 e. The predicted octanol–water partition coefficient (Wildman–Crippen LogP) is -1.74. The lowest BCUT2D eigenvalue weighted by Gasteiger charge is -2.20. The summed E-state index contributed by atoms with van der Waals surface area (Å²) < 4.78 is 0. The summed E-state index contributed by atoms with van der Waals surface area (Å²) in [5.41, 5.74) is 4.71. The fraction of sp³-hybridized carbons (Fsp3) is 0.500. The summed E-state index contributed by atoms with van der Waals surface area (Å²) in [6, 6.07) is -2.05. The van der Waals surface area contributed by atoms with Crippen molar-refractivity contribution >= 4 is 23.8 Å². The first-order chi connectivity index (χ1) is 7.41. The standard InChI is InChI=1S/C8H11N3O5/c9-8(16)10-5(12)3-11-4(7(14)15)1-2-6(11)13/h4H,1-3H2,(H,14,15)(H3,9,10,12,16). The maximum absolute atomic E-state index is 11.3. The zero-order valence-electron chi connectivity index (χ0n) is 8.30. The lowest BCUT2D eigenvalue weighted by Crippen LogP contribution is -2.47. The molecule has 1 atom stereocenters. The predicted molar refractivity (Wildman–Crippen MR) is 50.1 cm³/mol. The molecule has 0 radical (unpaired) electrons. The van der Waals surface area contributed by atoms with E-state index in [4.69, 9.17) is 10.8 Å². The largest absolute Gasteiger partial charge is 0.480 e. The Kier molecular flexibility index (Phi) is 3.44. The van der Waals surface area contributed by atoms with E-state index < -0.39 is 36.4 Å². The number of nitrogens with zero attached hydrogens (tertiary/aromatic N) is 1. The first kappa shape index (κ1) is 12.0. The number of carboxylic acids is 1. The van der Waals surface area contributed by atoms with E-state index in [2.05, 4.69) is 0 Å². The molecule has 16 heavy (non-hydrogen) atoms. The Bertz CT molecular complexity index is 354. The quantitative estimate of drug-likeness (QED) is 0.528. The van der Waals surface area contributed by atoms with Crippen molar-refractivity contribution in [2.45, 2.75) is 18.9 Å². The van der Waals surface area contributed by atoms with Gasteiger partial charge in [-0.25, -0.2) is 9.59 Å². The van der Waals surface area contributed by atoms with Gasteiger partial charge in [0.15, 0.2) is 0 Å².